The largest absolute Gasteiger partial charge is 0.480 e. The minimum Gasteiger partial charge on any atom is -0.480 e. The first-order valence-corrected chi connectivity index (χ1v) is 49.2. The molecule has 8 N–H and O–H groups in total. The van der Waals surface area contributed by atoms with Crippen LogP contribution in [0, 0.1) is 0 Å². The van der Waals surface area contributed by atoms with Gasteiger partial charge in [0.15, 0.2) is 10.2 Å². The van der Waals surface area contributed by atoms with Crippen LogP contribution in [0.4, 0.5) is 29.4 Å². The number of benzene rings is 3. The fraction of sp³-hybridized carbons (Fsp3) is 0.570. The molecule has 0 spiro atoms. The molecule has 0 saturated carbocycles. The van der Waals surface area contributed by atoms with Gasteiger partial charge in [-0.3, -0.25) is 33.0 Å². The molecule has 17 heterocycles. The lowest BCUT2D eigenvalue weighted by Crippen LogP contribution is -2.51. The topological polar surface area (TPSA) is 414 Å². The summed E-state index contributed by atoms with van der Waals surface area (Å²) in [5.41, 5.74) is 5.55. The van der Waals surface area contributed by atoms with Gasteiger partial charge in [0.1, 0.15) is 54.6 Å². The van der Waals surface area contributed by atoms with E-state index in [1.54, 1.807) is 67.9 Å². The number of nitrogens with one attached hydrogen (secondary N) is 4. The third-order valence-electron chi connectivity index (χ3n) is 24.7. The quantitative estimate of drug-likeness (QED) is 0.0171. The highest BCUT2D eigenvalue weighted by molar-refractivity contribution is 7.81. The average molecular weight is 1920 g/mol. The van der Waals surface area contributed by atoms with Crippen LogP contribution in [0.15, 0.2) is 128 Å². The number of likely N-dealkylation sites (tertiary alicyclic amines) is 2. The molecular formula is C86H121N25O14S6. The van der Waals surface area contributed by atoms with E-state index in [0.717, 1.165) is 145 Å². The summed E-state index contributed by atoms with van der Waals surface area (Å²) in [6.45, 7) is 15.6. The van der Waals surface area contributed by atoms with Gasteiger partial charge in [-0.15, -0.1) is 24.7 Å². The van der Waals surface area contributed by atoms with Crippen molar-refractivity contribution < 1.29 is 65.6 Å². The van der Waals surface area contributed by atoms with E-state index in [9.17, 15) is 37.2 Å². The fourth-order valence-electron chi connectivity index (χ4n) is 17.7. The molecule has 39 nitrogen and oxygen atoms in total. The summed E-state index contributed by atoms with van der Waals surface area (Å²) in [5, 5.41) is 46.0. The zero-order chi connectivity index (χ0) is 90.9. The second-order valence-electron chi connectivity index (χ2n) is 33.5. The zero-order valence-corrected chi connectivity index (χ0v) is 77.7. The Balaban J connectivity index is 0.000000136. The van der Waals surface area contributed by atoms with E-state index in [0.29, 0.717) is 94.9 Å². The van der Waals surface area contributed by atoms with Crippen LogP contribution < -0.4 is 37.0 Å². The molecule has 710 valence electrons. The summed E-state index contributed by atoms with van der Waals surface area (Å²) in [5.74, 6) is 4.10. The lowest BCUT2D eigenvalue weighted by atomic mass is 10.0. The van der Waals surface area contributed by atoms with Gasteiger partial charge in [0, 0.05) is 116 Å². The monoisotopic (exact) mass is 1920 g/mol. The van der Waals surface area contributed by atoms with Crippen LogP contribution in [0.2, 0.25) is 0 Å². The van der Waals surface area contributed by atoms with Gasteiger partial charge in [0.2, 0.25) is 16.2 Å². The maximum atomic E-state index is 13.0. The molecule has 0 unspecified atom stereocenters. The van der Waals surface area contributed by atoms with Gasteiger partial charge in [-0.05, 0) is 176 Å². The number of hydrogen-bond donors (Lipinski definition) is 7. The summed E-state index contributed by atoms with van der Waals surface area (Å²) < 4.78 is 38.7. The molecule has 8 bridgehead atoms. The number of amides is 9. The molecule has 9 amide bonds. The Morgan fingerprint density at radius 3 is 1.29 bits per heavy atom. The van der Waals surface area contributed by atoms with Gasteiger partial charge in [-0.1, -0.05) is 140 Å². The molecule has 13 aliphatic rings. The van der Waals surface area contributed by atoms with Crippen LogP contribution in [0.25, 0.3) is 0 Å². The third-order valence-corrected chi connectivity index (χ3v) is 28.4. The number of aliphatic carboxylic acids is 1. The summed E-state index contributed by atoms with van der Waals surface area (Å²) >= 11 is 18.7. The number of carbonyl (C=O) groups excluding carboxylic acids is 5. The third kappa shape index (κ3) is 26.6. The van der Waals surface area contributed by atoms with Gasteiger partial charge in [-0.25, -0.2) is 39.8 Å². The molecule has 4 aromatic heterocycles. The molecule has 0 radical (unpaired) electrons. The summed E-state index contributed by atoms with van der Waals surface area (Å²) in [7, 11) is -4.73. The summed E-state index contributed by atoms with van der Waals surface area (Å²) in [6, 6.07) is 26.4. The number of imidazole rings is 2. The molecular weight excluding hydrogens is 1800 g/mol. The number of rotatable bonds is 19. The molecule has 3 aromatic carbocycles. The number of aromatic nitrogens is 8. The van der Waals surface area contributed by atoms with E-state index in [4.69, 9.17) is 66.7 Å². The number of thiocarbonyl (C=S) groups is 3. The summed E-state index contributed by atoms with van der Waals surface area (Å²) in [4.78, 5) is 115. The number of piperidine rings is 8. The normalized spacial score (nSPS) is 23.1. The predicted molar refractivity (Wildman–Crippen MR) is 504 cm³/mol. The minimum absolute atomic E-state index is 0. The molecule has 13 saturated heterocycles. The molecule has 8 atom stereocenters. The van der Waals surface area contributed by atoms with E-state index in [1.807, 2.05) is 95.9 Å². The van der Waals surface area contributed by atoms with Crippen molar-refractivity contribution in [3.05, 3.63) is 155 Å². The number of hydrogen-bond acceptors (Lipinski definition) is 28. The highest BCUT2D eigenvalue weighted by Gasteiger charge is 2.52. The number of carboxylic acid groups (broad SMARTS) is 1. The van der Waals surface area contributed by atoms with Crippen LogP contribution in [-0.2, 0) is 58.6 Å². The number of hydroxylamine groups is 8. The Morgan fingerprint density at radius 1 is 0.481 bits per heavy atom. The highest BCUT2D eigenvalue weighted by Crippen LogP contribution is 2.43. The highest BCUT2D eigenvalue weighted by atomic mass is 32.3. The van der Waals surface area contributed by atoms with Gasteiger partial charge in [0.25, 0.3) is 0 Å². The molecule has 131 heavy (non-hydrogen) atoms. The average Bonchev–Trinajstić information content (AvgIpc) is 1.63. The second-order valence-corrected chi connectivity index (χ2v) is 37.7. The Hall–Kier alpha value is -9.88. The van der Waals surface area contributed by atoms with Crippen molar-refractivity contribution in [3.8, 4) is 0 Å². The number of anilines is 2. The smallest absolute Gasteiger partial charge is 0.418 e. The van der Waals surface area contributed by atoms with E-state index >= 15 is 0 Å². The fourth-order valence-corrected chi connectivity index (χ4v) is 20.9. The number of urea groups is 4. The van der Waals surface area contributed by atoms with Crippen molar-refractivity contribution in [2.24, 2.45) is 5.84 Å². The minimum atomic E-state index is -4.73. The first kappa shape index (κ1) is 98.6. The molecule has 45 heteroatoms. The van der Waals surface area contributed by atoms with E-state index in [1.165, 1.54) is 109 Å². The number of carbonyl (C=O) groups is 6. The number of nitrogens with zero attached hydrogens (tertiary/aromatic N) is 20. The van der Waals surface area contributed by atoms with E-state index in [2.05, 4.69) is 75.6 Å². The number of fused-ring (bicyclic) bond motifs is 8. The summed E-state index contributed by atoms with van der Waals surface area (Å²) in [6.07, 6.45) is 31.2. The Morgan fingerprint density at radius 2 is 0.870 bits per heavy atom. The molecule has 13 aliphatic heterocycles. The van der Waals surface area contributed by atoms with Gasteiger partial charge in [-0.2, -0.15) is 28.7 Å². The van der Waals surface area contributed by atoms with Crippen molar-refractivity contribution >= 4 is 131 Å². The van der Waals surface area contributed by atoms with Crippen molar-refractivity contribution in [1.29, 1.82) is 0 Å². The van der Waals surface area contributed by atoms with E-state index < -0.39 is 40.5 Å². The van der Waals surface area contributed by atoms with Crippen LogP contribution in [0.1, 0.15) is 175 Å². The Bertz CT molecular complexity index is 4890. The molecule has 0 aliphatic carbocycles. The van der Waals surface area contributed by atoms with Crippen LogP contribution in [-0.4, -0.2) is 306 Å². The predicted octanol–water partition coefficient (Wildman–Crippen LogP) is 9.39. The van der Waals surface area contributed by atoms with Crippen molar-refractivity contribution in [3.63, 3.8) is 0 Å². The number of nitrogens with two attached hydrogens (primary N) is 1. The Labute approximate surface area is 788 Å². The molecule has 13 fully saturated rings. The van der Waals surface area contributed by atoms with Gasteiger partial charge in [0.05, 0.1) is 47.8 Å². The van der Waals surface area contributed by atoms with Gasteiger partial charge < -0.3 is 65.7 Å². The second kappa shape index (κ2) is 48.7. The zero-order valence-electron chi connectivity index (χ0n) is 72.8. The Kier molecular flexibility index (Phi) is 36.6. The first-order valence-electron chi connectivity index (χ1n) is 44.9. The van der Waals surface area contributed by atoms with Crippen LogP contribution in [0.5, 0.6) is 0 Å². The maximum Gasteiger partial charge on any atom is 0.418 e. The van der Waals surface area contributed by atoms with Crippen LogP contribution >= 0.6 is 59.3 Å². The molecule has 20 rings (SSSR count). The lowest BCUT2D eigenvalue weighted by Gasteiger charge is -2.31. The number of carboxylic acids is 1. The first-order chi connectivity index (χ1) is 63.2. The van der Waals surface area contributed by atoms with E-state index in [-0.39, 0.29) is 61.6 Å². The number of piperazine rings is 1. The van der Waals surface area contributed by atoms with Gasteiger partial charge >= 0.3 is 40.5 Å². The SMILES string of the molecule is C.C1CCNCC1.NNC(=S)N1CCCCC1.O=C(NCC(=S)N1CCCCC1)[C@@H]1CC[C@@H]2CN1C(=O)N2OCc1ccccc1.O=C(O)[C@@H]1CC[C@@H]2CN1C(=O)N2OCc1ccccc1.O=C1N2C[C@@H](CC[C@H]2c2nnc(N3CCCCC3)s2)N1OCc1ccccc1.O=C1N2C[C@@H](CC[C@H]2c2nnc(N3CCNCC3)s2)N1OS(=O)(=O)O.S=C(n1ccnc1)n1ccnc1. The van der Waals surface area contributed by atoms with Crippen molar-refractivity contribution in [2.45, 2.75) is 204 Å². The standard InChI is InChI=1S/C21H28N4O3S.C20H25N5O2S.C14H16N2O4.C12H18N6O5S2.C7H6N4S.C6H13N3S.C5H11N.CH4/c26-20(22-13-19(29)23-11-5-2-6-12-23)18-10-9-17-14-24(18)21(27)25(17)28-15-16-7-3-1-4-8-16;26-20-24-13-16(25(20)27-14-15-7-3-1-4-8-15)9-10-17(24)18-21-22-19(28-18)23-11-5-2-6-12-23;17-13(18)12-7-6-11-8-15(12)14(19)16(11)20-9-10-4-2-1-3-5-10;19-12-17-7-8(18(12)23-25(20,21)22)1-2-9(17)10-14-15-11(24-10)16-5-3-13-4-6-16;12-7(10-3-1-8-5-10)11-4-2-9-6-11;7-8-6(10)9-4-2-1-3-5-9;1-2-4-6-5-3-1;/h1,3-4,7-8,17-18H,2,5-6,9-15H2,(H,22,26);1,3-4,7-8,16-17H,2,5-6,9-14H2;1-5,11-12H,6-9H2,(H,17,18);8-9,13H,1-7H2,(H,20,21,22);1-6H;1-5,7H2,(H,8,10);6H,1-5H2;1H4/t17-,18+;16-,17+;11-,12+;8-,9+;;;;/m1111..../s1. The molecule has 7 aromatic rings. The maximum absolute atomic E-state index is 13.0. The lowest BCUT2D eigenvalue weighted by molar-refractivity contribution is -0.143. The van der Waals surface area contributed by atoms with Crippen molar-refractivity contribution in [1.82, 2.24) is 111 Å². The number of hydrazine groups is 1. The van der Waals surface area contributed by atoms with Crippen molar-refractivity contribution in [2.75, 3.05) is 121 Å². The van der Waals surface area contributed by atoms with Crippen LogP contribution in [0.3, 0.4) is 0 Å².